The van der Waals surface area contributed by atoms with Crippen molar-refractivity contribution in [1.29, 1.82) is 0 Å². The van der Waals surface area contributed by atoms with E-state index in [0.29, 0.717) is 51.6 Å². The summed E-state index contributed by atoms with van der Waals surface area (Å²) in [5.41, 5.74) is 4.14. The largest absolute Gasteiger partial charge is 0.363 e. The number of fused-ring (bicyclic) bond motifs is 2. The van der Waals surface area contributed by atoms with Gasteiger partial charge in [-0.25, -0.2) is 0 Å². The number of nitrogens with zero attached hydrogens (tertiary/aromatic N) is 2. The first-order chi connectivity index (χ1) is 36.0. The van der Waals surface area contributed by atoms with Crippen LogP contribution in [0.1, 0.15) is 158 Å². The number of rotatable bonds is 19. The summed E-state index contributed by atoms with van der Waals surface area (Å²) in [6.07, 6.45) is 13.9. The Kier molecular flexibility index (Phi) is 19.4. The van der Waals surface area contributed by atoms with E-state index in [0.717, 1.165) is 92.9 Å². The maximum Gasteiger partial charge on any atom is 0.246 e. The van der Waals surface area contributed by atoms with Crippen molar-refractivity contribution in [2.45, 2.75) is 185 Å². The molecule has 5 amide bonds. The summed E-state index contributed by atoms with van der Waals surface area (Å²) in [5.74, 6) is 10.7. The molecule has 2 aromatic rings. The lowest BCUT2D eigenvalue weighted by Gasteiger charge is -2.35. The lowest BCUT2D eigenvalue weighted by Crippen LogP contribution is -2.57. The molecule has 74 heavy (non-hydrogen) atoms. The van der Waals surface area contributed by atoms with E-state index >= 15 is 0 Å². The minimum absolute atomic E-state index is 0.0285. The van der Waals surface area contributed by atoms with E-state index in [9.17, 15) is 28.8 Å². The number of benzene rings is 2. The van der Waals surface area contributed by atoms with E-state index in [1.54, 1.807) is 16.8 Å². The molecule has 0 radical (unpaired) electrons. The summed E-state index contributed by atoms with van der Waals surface area (Å²) in [6, 6.07) is 12.9. The molecule has 10 atom stereocenters. The van der Waals surface area contributed by atoms with Gasteiger partial charge in [0.05, 0.1) is 30.3 Å². The van der Waals surface area contributed by atoms with Gasteiger partial charge in [0.1, 0.15) is 37.1 Å². The summed E-state index contributed by atoms with van der Waals surface area (Å²) < 4.78 is 12.7. The van der Waals surface area contributed by atoms with E-state index in [1.807, 2.05) is 69.3 Å². The predicted molar refractivity (Wildman–Crippen MR) is 283 cm³/mol. The van der Waals surface area contributed by atoms with E-state index in [4.69, 9.17) is 9.47 Å². The first kappa shape index (κ1) is 54.7. The molecule has 2 aromatic carbocycles. The number of carbonyl (C=O) groups excluding carboxylic acids is 6. The molecule has 0 bridgehead atoms. The van der Waals surface area contributed by atoms with Crippen molar-refractivity contribution in [3.8, 4) is 23.7 Å². The average Bonchev–Trinajstić information content (AvgIpc) is 4.26. The van der Waals surface area contributed by atoms with Crippen LogP contribution >= 0.6 is 0 Å². The Morgan fingerprint density at radius 1 is 0.635 bits per heavy atom. The lowest BCUT2D eigenvalue weighted by molar-refractivity contribution is -0.145. The summed E-state index contributed by atoms with van der Waals surface area (Å²) in [7, 11) is 1.76. The predicted octanol–water partition coefficient (Wildman–Crippen LogP) is 6.45. The van der Waals surface area contributed by atoms with Crippen LogP contribution in [0.4, 0.5) is 0 Å². The van der Waals surface area contributed by atoms with Crippen molar-refractivity contribution in [2.75, 3.05) is 33.4 Å². The van der Waals surface area contributed by atoms with Gasteiger partial charge in [0.15, 0.2) is 0 Å². The molecule has 4 aliphatic carbocycles. The zero-order chi connectivity index (χ0) is 52.1. The molecule has 14 heteroatoms. The summed E-state index contributed by atoms with van der Waals surface area (Å²) >= 11 is 0. The summed E-state index contributed by atoms with van der Waals surface area (Å²) in [6.45, 7) is 6.84. The Hall–Kier alpha value is -5.54. The molecule has 2 aliphatic heterocycles. The van der Waals surface area contributed by atoms with Gasteiger partial charge in [-0.3, -0.25) is 28.8 Å². The summed E-state index contributed by atoms with van der Waals surface area (Å²) in [4.78, 5) is 87.0. The number of hydrogen-bond donors (Lipinski definition) is 4. The van der Waals surface area contributed by atoms with Gasteiger partial charge in [-0.2, -0.15) is 0 Å². The average molecular weight is 1010 g/mol. The minimum Gasteiger partial charge on any atom is -0.363 e. The number of ketones is 1. The van der Waals surface area contributed by atoms with Crippen LogP contribution in [0.25, 0.3) is 0 Å². The van der Waals surface area contributed by atoms with Crippen molar-refractivity contribution < 1.29 is 38.2 Å². The molecule has 398 valence electrons. The van der Waals surface area contributed by atoms with Crippen LogP contribution in [0.5, 0.6) is 0 Å². The molecule has 2 unspecified atom stereocenters. The quantitative estimate of drug-likeness (QED) is 0.115. The molecular formula is C60H80N6O8. The van der Waals surface area contributed by atoms with Crippen LogP contribution in [-0.4, -0.2) is 115 Å². The van der Waals surface area contributed by atoms with Crippen molar-refractivity contribution in [1.82, 2.24) is 31.1 Å². The van der Waals surface area contributed by atoms with Gasteiger partial charge in [-0.1, -0.05) is 113 Å². The van der Waals surface area contributed by atoms with Gasteiger partial charge in [0.25, 0.3) is 0 Å². The number of likely N-dealkylation sites (tertiary alicyclic amines) is 2. The number of carbonyl (C=O) groups is 6. The second-order valence-electron chi connectivity index (χ2n) is 21.8. The normalized spacial score (nSPS) is 25.2. The SMILES string of the molecule is CC[C@@H](C)C(=O)N[C@H](C(=O)N1CCC[C@H]1C(=O)NC1c2ccccc2C[C@H]1OCC#CC#CCO[C@@H]1Cc2ccccc2C1NC(=O)[C@@H]1CCCN1C(=O)[C@@H](CC(=O)[C@H](C)NC)C1CCCCC1)C1CCCCC1. The Morgan fingerprint density at radius 2 is 1.12 bits per heavy atom. The van der Waals surface area contributed by atoms with E-state index < -0.39 is 36.1 Å². The highest BCUT2D eigenvalue weighted by Crippen LogP contribution is 2.38. The number of nitrogens with one attached hydrogen (secondary N) is 4. The molecule has 2 saturated heterocycles. The number of amides is 5. The molecule has 0 spiro atoms. The van der Waals surface area contributed by atoms with Crippen molar-refractivity contribution in [3.63, 3.8) is 0 Å². The smallest absolute Gasteiger partial charge is 0.246 e. The van der Waals surface area contributed by atoms with Crippen LogP contribution in [0.2, 0.25) is 0 Å². The van der Waals surface area contributed by atoms with Gasteiger partial charge in [0.2, 0.25) is 29.5 Å². The van der Waals surface area contributed by atoms with Gasteiger partial charge >= 0.3 is 0 Å². The molecule has 0 aromatic heterocycles. The van der Waals surface area contributed by atoms with E-state index in [1.165, 1.54) is 0 Å². The van der Waals surface area contributed by atoms with Crippen LogP contribution in [0.3, 0.4) is 0 Å². The lowest BCUT2D eigenvalue weighted by atomic mass is 9.76. The zero-order valence-electron chi connectivity index (χ0n) is 44.3. The Bertz CT molecular complexity index is 2280. The van der Waals surface area contributed by atoms with Crippen LogP contribution in [-0.2, 0) is 51.1 Å². The molecule has 8 rings (SSSR count). The third-order valence-corrected chi connectivity index (χ3v) is 17.2. The molecule has 4 N–H and O–H groups in total. The highest BCUT2D eigenvalue weighted by atomic mass is 16.5. The highest BCUT2D eigenvalue weighted by molar-refractivity contribution is 5.94. The van der Waals surface area contributed by atoms with Crippen LogP contribution in [0, 0.1) is 47.4 Å². The third-order valence-electron chi connectivity index (χ3n) is 17.2. The van der Waals surface area contributed by atoms with Gasteiger partial charge in [0, 0.05) is 44.2 Å². The Labute approximate surface area is 439 Å². The van der Waals surface area contributed by atoms with Gasteiger partial charge < -0.3 is 40.5 Å². The maximum atomic E-state index is 14.4. The molecule has 4 fully saturated rings. The standard InChI is InChI=1S/C60H80N6O8/c1-5-39(2)56(68)62-53(42-24-12-9-13-25-42)60(72)66-33-21-31-49(66)58(70)64-55-46-29-17-15-27-44(46)37-52(55)74-35-19-7-6-18-34-73-51-36-43-26-14-16-28-45(43)54(51)63-57(69)48-30-20-32-65(48)59(71)47(38-50(67)40(3)61-4)41-22-10-8-11-23-41/h14-17,26-29,39-42,47-49,51-55,61H,5,8-13,20-25,30-38H2,1-4H3,(H,62,68)(H,63,69)(H,64,70)/t39-,40+,47+,48+,49+,51-,52-,53+,54?,55?/m1/s1. The number of likely N-dealkylation sites (N-methyl/N-ethyl adjacent to an activating group) is 1. The number of hydrogen-bond acceptors (Lipinski definition) is 9. The first-order valence-electron chi connectivity index (χ1n) is 28.0. The van der Waals surface area contributed by atoms with E-state index in [2.05, 4.69) is 44.9 Å². The van der Waals surface area contributed by atoms with E-state index in [-0.39, 0.29) is 91.0 Å². The third kappa shape index (κ3) is 13.1. The fraction of sp³-hybridized carbons (Fsp3) is 0.633. The van der Waals surface area contributed by atoms with Crippen molar-refractivity contribution in [3.05, 3.63) is 70.8 Å². The number of Topliss-reactive ketones (excluding diaryl/α,β-unsaturated/α-hetero) is 1. The molecule has 14 nitrogen and oxygen atoms in total. The Morgan fingerprint density at radius 3 is 1.62 bits per heavy atom. The topological polar surface area (TPSA) is 175 Å². The van der Waals surface area contributed by atoms with Crippen LogP contribution in [0.15, 0.2) is 48.5 Å². The monoisotopic (exact) mass is 1010 g/mol. The fourth-order valence-corrected chi connectivity index (χ4v) is 12.6. The fourth-order valence-electron chi connectivity index (χ4n) is 12.6. The Balaban J connectivity index is 0.858. The second-order valence-corrected chi connectivity index (χ2v) is 21.8. The minimum atomic E-state index is -0.641. The molecular weight excluding hydrogens is 933 g/mol. The zero-order valence-corrected chi connectivity index (χ0v) is 44.3. The number of ether oxygens (including phenoxy) is 2. The van der Waals surface area contributed by atoms with Gasteiger partial charge in [-0.05, 0) is 118 Å². The second kappa shape index (κ2) is 26.3. The van der Waals surface area contributed by atoms with Gasteiger partial charge in [-0.15, -0.1) is 0 Å². The molecule has 2 saturated carbocycles. The maximum absolute atomic E-state index is 14.4. The summed E-state index contributed by atoms with van der Waals surface area (Å²) in [5, 5.41) is 12.7. The highest BCUT2D eigenvalue weighted by Gasteiger charge is 2.45. The van der Waals surface area contributed by atoms with Crippen LogP contribution < -0.4 is 21.3 Å². The molecule has 2 heterocycles. The van der Waals surface area contributed by atoms with Crippen molar-refractivity contribution >= 4 is 35.3 Å². The molecule has 6 aliphatic rings. The van der Waals surface area contributed by atoms with Crippen molar-refractivity contribution in [2.24, 2.45) is 23.7 Å². The first-order valence-corrected chi connectivity index (χ1v) is 28.0.